The standard InChI is InChI=1S/C12H17ClFN/c1-8(2)9(3)15-7-10-11(13)5-4-6-12(10)14/h4-6,8-9,15H,7H2,1-3H3/t9-/m0/s1. The third kappa shape index (κ3) is 3.47. The van der Waals surface area contributed by atoms with Crippen LogP contribution >= 0.6 is 11.6 Å². The molecule has 0 aliphatic carbocycles. The Hall–Kier alpha value is -0.600. The van der Waals surface area contributed by atoms with Gasteiger partial charge in [0.25, 0.3) is 0 Å². The summed E-state index contributed by atoms with van der Waals surface area (Å²) in [5.74, 6) is 0.279. The molecule has 0 spiro atoms. The van der Waals surface area contributed by atoms with Gasteiger partial charge in [0.05, 0.1) is 0 Å². The van der Waals surface area contributed by atoms with Crippen LogP contribution in [0.4, 0.5) is 4.39 Å². The van der Waals surface area contributed by atoms with Crippen molar-refractivity contribution in [1.29, 1.82) is 0 Å². The Morgan fingerprint density at radius 2 is 2.00 bits per heavy atom. The quantitative estimate of drug-likeness (QED) is 0.832. The lowest BCUT2D eigenvalue weighted by Crippen LogP contribution is -2.30. The highest BCUT2D eigenvalue weighted by Gasteiger charge is 2.10. The van der Waals surface area contributed by atoms with E-state index in [1.807, 2.05) is 0 Å². The van der Waals surface area contributed by atoms with Crippen molar-refractivity contribution in [1.82, 2.24) is 5.32 Å². The topological polar surface area (TPSA) is 12.0 Å². The summed E-state index contributed by atoms with van der Waals surface area (Å²) in [5, 5.41) is 3.74. The summed E-state index contributed by atoms with van der Waals surface area (Å²) in [6.07, 6.45) is 0. The molecule has 0 fully saturated rings. The SMILES string of the molecule is CC(C)[C@H](C)NCc1c(F)cccc1Cl. The van der Waals surface area contributed by atoms with Crippen LogP contribution in [0.2, 0.25) is 5.02 Å². The summed E-state index contributed by atoms with van der Waals surface area (Å²) in [7, 11) is 0. The number of halogens is 2. The summed E-state index contributed by atoms with van der Waals surface area (Å²) in [5.41, 5.74) is 0.548. The second-order valence-corrected chi connectivity index (χ2v) is 4.52. The fourth-order valence-electron chi connectivity index (χ4n) is 1.20. The molecule has 1 nitrogen and oxygen atoms in total. The molecule has 0 amide bonds. The van der Waals surface area contributed by atoms with E-state index in [1.54, 1.807) is 12.1 Å². The number of rotatable bonds is 4. The van der Waals surface area contributed by atoms with Crippen molar-refractivity contribution in [2.75, 3.05) is 0 Å². The third-order valence-electron chi connectivity index (χ3n) is 2.66. The Balaban J connectivity index is 2.65. The van der Waals surface area contributed by atoms with Gasteiger partial charge in [0.2, 0.25) is 0 Å². The van der Waals surface area contributed by atoms with Gasteiger partial charge in [-0.05, 0) is 25.0 Å². The molecule has 0 saturated carbocycles. The van der Waals surface area contributed by atoms with E-state index in [-0.39, 0.29) is 5.82 Å². The molecule has 0 bridgehead atoms. The fourth-order valence-corrected chi connectivity index (χ4v) is 1.43. The lowest BCUT2D eigenvalue weighted by Gasteiger charge is -2.18. The van der Waals surface area contributed by atoms with Crippen LogP contribution in [0.5, 0.6) is 0 Å². The molecule has 0 aliphatic rings. The molecular weight excluding hydrogens is 213 g/mol. The molecule has 15 heavy (non-hydrogen) atoms. The molecule has 0 radical (unpaired) electrons. The number of hydrogen-bond acceptors (Lipinski definition) is 1. The van der Waals surface area contributed by atoms with Gasteiger partial charge in [-0.25, -0.2) is 4.39 Å². The van der Waals surface area contributed by atoms with E-state index in [1.165, 1.54) is 6.07 Å². The van der Waals surface area contributed by atoms with Crippen molar-refractivity contribution in [2.24, 2.45) is 5.92 Å². The lowest BCUT2D eigenvalue weighted by molar-refractivity contribution is 0.421. The normalized spacial score (nSPS) is 13.2. The number of hydrogen-bond donors (Lipinski definition) is 1. The summed E-state index contributed by atoms with van der Waals surface area (Å²) in [6.45, 7) is 6.81. The van der Waals surface area contributed by atoms with E-state index in [0.717, 1.165) is 0 Å². The van der Waals surface area contributed by atoms with E-state index in [4.69, 9.17) is 11.6 Å². The van der Waals surface area contributed by atoms with Gasteiger partial charge >= 0.3 is 0 Å². The van der Waals surface area contributed by atoms with Crippen LogP contribution in [-0.2, 0) is 6.54 Å². The Bertz CT molecular complexity index is 305. The van der Waals surface area contributed by atoms with E-state index in [2.05, 4.69) is 26.1 Å². The average molecular weight is 230 g/mol. The molecule has 0 aromatic heterocycles. The van der Waals surface area contributed by atoms with Crippen molar-refractivity contribution < 1.29 is 4.39 Å². The molecule has 1 rings (SSSR count). The predicted molar refractivity (Wildman–Crippen MR) is 62.5 cm³/mol. The van der Waals surface area contributed by atoms with Crippen LogP contribution in [0.25, 0.3) is 0 Å². The van der Waals surface area contributed by atoms with Gasteiger partial charge in [0, 0.05) is 23.2 Å². The highest BCUT2D eigenvalue weighted by molar-refractivity contribution is 6.31. The predicted octanol–water partition coefficient (Wildman–Crippen LogP) is 3.61. The Morgan fingerprint density at radius 3 is 2.53 bits per heavy atom. The monoisotopic (exact) mass is 229 g/mol. The molecule has 0 saturated heterocycles. The molecule has 1 atom stereocenters. The molecule has 3 heteroatoms. The minimum Gasteiger partial charge on any atom is -0.310 e. The number of nitrogens with one attached hydrogen (secondary N) is 1. The maximum Gasteiger partial charge on any atom is 0.129 e. The van der Waals surface area contributed by atoms with Gasteiger partial charge in [-0.15, -0.1) is 0 Å². The molecule has 0 heterocycles. The smallest absolute Gasteiger partial charge is 0.129 e. The molecule has 1 N–H and O–H groups in total. The molecule has 84 valence electrons. The summed E-state index contributed by atoms with van der Waals surface area (Å²) in [6, 6.07) is 5.11. The van der Waals surface area contributed by atoms with Crippen molar-refractivity contribution in [2.45, 2.75) is 33.4 Å². The van der Waals surface area contributed by atoms with Gasteiger partial charge in [0.1, 0.15) is 5.82 Å². The van der Waals surface area contributed by atoms with E-state index in [0.29, 0.717) is 29.1 Å². The van der Waals surface area contributed by atoms with E-state index < -0.39 is 0 Å². The highest BCUT2D eigenvalue weighted by Crippen LogP contribution is 2.18. The van der Waals surface area contributed by atoms with Crippen molar-refractivity contribution in [3.63, 3.8) is 0 Å². The average Bonchev–Trinajstić information content (AvgIpc) is 2.16. The van der Waals surface area contributed by atoms with Crippen molar-refractivity contribution in [3.8, 4) is 0 Å². The molecule has 1 aromatic carbocycles. The van der Waals surface area contributed by atoms with Crippen LogP contribution in [-0.4, -0.2) is 6.04 Å². The minimum atomic E-state index is -0.244. The zero-order chi connectivity index (χ0) is 11.4. The van der Waals surface area contributed by atoms with Crippen LogP contribution in [0.15, 0.2) is 18.2 Å². The Morgan fingerprint density at radius 1 is 1.33 bits per heavy atom. The first-order valence-corrected chi connectivity index (χ1v) is 5.56. The maximum absolute atomic E-state index is 13.4. The van der Waals surface area contributed by atoms with E-state index in [9.17, 15) is 4.39 Å². The Labute approximate surface area is 95.6 Å². The van der Waals surface area contributed by atoms with Crippen LogP contribution in [0.3, 0.4) is 0 Å². The first-order valence-electron chi connectivity index (χ1n) is 5.18. The van der Waals surface area contributed by atoms with E-state index >= 15 is 0 Å². The summed E-state index contributed by atoms with van der Waals surface area (Å²) >= 11 is 5.91. The molecule has 0 unspecified atom stereocenters. The molecular formula is C12H17ClFN. The summed E-state index contributed by atoms with van der Waals surface area (Å²) < 4.78 is 13.4. The first kappa shape index (κ1) is 12.5. The molecule has 1 aromatic rings. The molecule has 0 aliphatic heterocycles. The van der Waals surface area contributed by atoms with Crippen LogP contribution < -0.4 is 5.32 Å². The Kier molecular flexibility index (Phi) is 4.55. The largest absolute Gasteiger partial charge is 0.310 e. The van der Waals surface area contributed by atoms with Crippen molar-refractivity contribution in [3.05, 3.63) is 34.6 Å². The van der Waals surface area contributed by atoms with Crippen molar-refractivity contribution >= 4 is 11.6 Å². The van der Waals surface area contributed by atoms with Gasteiger partial charge in [-0.2, -0.15) is 0 Å². The van der Waals surface area contributed by atoms with Crippen LogP contribution in [0, 0.1) is 11.7 Å². The second kappa shape index (κ2) is 5.47. The zero-order valence-electron chi connectivity index (χ0n) is 9.35. The van der Waals surface area contributed by atoms with Gasteiger partial charge < -0.3 is 5.32 Å². The first-order chi connectivity index (χ1) is 7.02. The maximum atomic E-state index is 13.4. The summed E-state index contributed by atoms with van der Waals surface area (Å²) in [4.78, 5) is 0. The fraction of sp³-hybridized carbons (Fsp3) is 0.500. The second-order valence-electron chi connectivity index (χ2n) is 4.11. The van der Waals surface area contributed by atoms with Gasteiger partial charge in [-0.3, -0.25) is 0 Å². The zero-order valence-corrected chi connectivity index (χ0v) is 10.1. The van der Waals surface area contributed by atoms with Gasteiger partial charge in [0.15, 0.2) is 0 Å². The minimum absolute atomic E-state index is 0.244. The lowest BCUT2D eigenvalue weighted by atomic mass is 10.1. The third-order valence-corrected chi connectivity index (χ3v) is 3.02. The van der Waals surface area contributed by atoms with Gasteiger partial charge in [-0.1, -0.05) is 31.5 Å². The van der Waals surface area contributed by atoms with Crippen LogP contribution in [0.1, 0.15) is 26.3 Å². The highest BCUT2D eigenvalue weighted by atomic mass is 35.5. The number of benzene rings is 1.